The maximum Gasteiger partial charge on any atom is 0.154 e. The molecule has 6 rings (SSSR count). The predicted molar refractivity (Wildman–Crippen MR) is 132 cm³/mol. The molecule has 3 aromatic heterocycles. The Labute approximate surface area is 198 Å². The second kappa shape index (κ2) is 8.68. The van der Waals surface area contributed by atoms with Gasteiger partial charge in [0.05, 0.1) is 17.9 Å². The van der Waals surface area contributed by atoms with E-state index in [4.69, 9.17) is 10.1 Å². The summed E-state index contributed by atoms with van der Waals surface area (Å²) in [5, 5.41) is 8.45. The summed E-state index contributed by atoms with van der Waals surface area (Å²) < 4.78 is 15.8. The summed E-state index contributed by atoms with van der Waals surface area (Å²) in [4.78, 5) is 14.1. The summed E-state index contributed by atoms with van der Waals surface area (Å²) >= 11 is 0. The Hall–Kier alpha value is -3.52. The molecule has 5 heterocycles. The Kier molecular flexibility index (Phi) is 5.37. The Morgan fingerprint density at radius 1 is 1.03 bits per heavy atom. The van der Waals surface area contributed by atoms with E-state index in [1.54, 1.807) is 12.1 Å². The molecule has 0 bridgehead atoms. The van der Waals surface area contributed by atoms with E-state index in [0.29, 0.717) is 6.04 Å². The van der Waals surface area contributed by atoms with E-state index in [2.05, 4.69) is 33.1 Å². The third-order valence-electron chi connectivity index (χ3n) is 6.82. The molecule has 2 saturated heterocycles. The van der Waals surface area contributed by atoms with Gasteiger partial charge in [0.25, 0.3) is 0 Å². The summed E-state index contributed by atoms with van der Waals surface area (Å²) in [5.41, 5.74) is 3.49. The number of pyridine rings is 1. The smallest absolute Gasteiger partial charge is 0.154 e. The summed E-state index contributed by atoms with van der Waals surface area (Å²) in [6, 6.07) is 17.6. The first kappa shape index (κ1) is 21.0. The zero-order valence-corrected chi connectivity index (χ0v) is 19.2. The zero-order chi connectivity index (χ0) is 23.1. The maximum absolute atomic E-state index is 13.9. The average Bonchev–Trinajstić information content (AvgIpc) is 3.51. The molecule has 0 aliphatic carbocycles. The molecule has 2 atom stereocenters. The van der Waals surface area contributed by atoms with Gasteiger partial charge >= 0.3 is 0 Å². The molecular weight excluding hydrogens is 429 g/mol. The number of aromatic nitrogens is 4. The standard InChI is InChI=1S/C26H28FN7/c1-18-17-32(14-12-28-18)25-9-3-7-21(30-25)23-16-29-24-10-11-26(31-34(23)24)33-13-4-8-22(33)19-5-2-6-20(27)15-19/h2-3,5-7,9-11,15-16,18,22,28H,4,8,12-14,17H2,1H3/t18-,22-/m1/s1. The molecule has 2 aliphatic heterocycles. The number of hydrogen-bond donors (Lipinski definition) is 1. The highest BCUT2D eigenvalue weighted by molar-refractivity contribution is 5.62. The van der Waals surface area contributed by atoms with Crippen LogP contribution in [0.25, 0.3) is 17.0 Å². The number of fused-ring (bicyclic) bond motifs is 1. The van der Waals surface area contributed by atoms with E-state index >= 15 is 0 Å². The third-order valence-corrected chi connectivity index (χ3v) is 6.82. The Morgan fingerprint density at radius 3 is 2.82 bits per heavy atom. The molecule has 0 radical (unpaired) electrons. The van der Waals surface area contributed by atoms with Crippen molar-refractivity contribution in [3.63, 3.8) is 0 Å². The van der Waals surface area contributed by atoms with Crippen molar-refractivity contribution in [3.8, 4) is 11.4 Å². The highest BCUT2D eigenvalue weighted by Gasteiger charge is 2.28. The SMILES string of the molecule is C[C@@H]1CN(c2cccc(-c3cnc4ccc(N5CCC[C@@H]5c5cccc(F)c5)nn34)n2)CCN1. The number of halogens is 1. The van der Waals surface area contributed by atoms with Crippen molar-refractivity contribution in [1.29, 1.82) is 0 Å². The normalized spacial score (nSPS) is 20.9. The van der Waals surface area contributed by atoms with Crippen LogP contribution in [0.3, 0.4) is 0 Å². The number of nitrogens with zero attached hydrogens (tertiary/aromatic N) is 6. The predicted octanol–water partition coefficient (Wildman–Crippen LogP) is 4.07. The average molecular weight is 458 g/mol. The van der Waals surface area contributed by atoms with Crippen molar-refractivity contribution < 1.29 is 4.39 Å². The number of hydrogen-bond acceptors (Lipinski definition) is 6. The largest absolute Gasteiger partial charge is 0.354 e. The Morgan fingerprint density at radius 2 is 1.94 bits per heavy atom. The van der Waals surface area contributed by atoms with Gasteiger partial charge in [0.2, 0.25) is 0 Å². The quantitative estimate of drug-likeness (QED) is 0.499. The summed E-state index contributed by atoms with van der Waals surface area (Å²) in [6.45, 7) is 5.91. The highest BCUT2D eigenvalue weighted by Crippen LogP contribution is 2.35. The van der Waals surface area contributed by atoms with Crippen LogP contribution >= 0.6 is 0 Å². The van der Waals surface area contributed by atoms with Crippen LogP contribution in [0.2, 0.25) is 0 Å². The van der Waals surface area contributed by atoms with E-state index in [-0.39, 0.29) is 11.9 Å². The first-order valence-electron chi connectivity index (χ1n) is 12.0. The second-order valence-corrected chi connectivity index (χ2v) is 9.19. The maximum atomic E-state index is 13.9. The van der Waals surface area contributed by atoms with Crippen LogP contribution in [0.15, 0.2) is 60.8 Å². The molecule has 0 spiro atoms. The zero-order valence-electron chi connectivity index (χ0n) is 19.2. The van der Waals surface area contributed by atoms with Gasteiger partial charge in [-0.25, -0.2) is 18.9 Å². The van der Waals surface area contributed by atoms with Crippen molar-refractivity contribution in [3.05, 3.63) is 72.2 Å². The van der Waals surface area contributed by atoms with Crippen molar-refractivity contribution in [2.45, 2.75) is 31.8 Å². The molecule has 4 aromatic rings. The topological polar surface area (TPSA) is 61.6 Å². The van der Waals surface area contributed by atoms with Gasteiger partial charge < -0.3 is 15.1 Å². The molecule has 7 nitrogen and oxygen atoms in total. The fourth-order valence-corrected chi connectivity index (χ4v) is 5.18. The number of imidazole rings is 1. The van der Waals surface area contributed by atoms with E-state index < -0.39 is 0 Å². The fourth-order valence-electron chi connectivity index (χ4n) is 5.18. The summed E-state index contributed by atoms with van der Waals surface area (Å²) in [5.74, 6) is 1.64. The van der Waals surface area contributed by atoms with Gasteiger partial charge in [0, 0.05) is 32.2 Å². The number of piperazine rings is 1. The lowest BCUT2D eigenvalue weighted by Gasteiger charge is -2.32. The monoisotopic (exact) mass is 457 g/mol. The third kappa shape index (κ3) is 3.88. The van der Waals surface area contributed by atoms with Crippen LogP contribution in [0, 0.1) is 5.82 Å². The lowest BCUT2D eigenvalue weighted by atomic mass is 10.0. The molecular formula is C26H28FN7. The van der Waals surface area contributed by atoms with Gasteiger partial charge in [-0.1, -0.05) is 18.2 Å². The minimum absolute atomic E-state index is 0.115. The van der Waals surface area contributed by atoms with Crippen LogP contribution in [0.5, 0.6) is 0 Å². The molecule has 34 heavy (non-hydrogen) atoms. The number of nitrogens with one attached hydrogen (secondary N) is 1. The first-order valence-corrected chi connectivity index (χ1v) is 12.0. The Bertz CT molecular complexity index is 1320. The minimum Gasteiger partial charge on any atom is -0.354 e. The van der Waals surface area contributed by atoms with E-state index in [0.717, 1.165) is 73.3 Å². The molecule has 2 aliphatic rings. The fraction of sp³-hybridized carbons (Fsp3) is 0.346. The number of benzene rings is 1. The molecule has 0 amide bonds. The van der Waals surface area contributed by atoms with Gasteiger partial charge in [-0.15, -0.1) is 5.10 Å². The van der Waals surface area contributed by atoms with Gasteiger partial charge in [0.1, 0.15) is 23.1 Å². The summed E-state index contributed by atoms with van der Waals surface area (Å²) in [7, 11) is 0. The van der Waals surface area contributed by atoms with Crippen molar-refractivity contribution in [1.82, 2.24) is 24.9 Å². The van der Waals surface area contributed by atoms with Crippen LogP contribution in [0.4, 0.5) is 16.0 Å². The van der Waals surface area contributed by atoms with Crippen molar-refractivity contribution in [2.75, 3.05) is 36.0 Å². The lowest BCUT2D eigenvalue weighted by Crippen LogP contribution is -2.49. The molecule has 8 heteroatoms. The van der Waals surface area contributed by atoms with E-state index in [9.17, 15) is 4.39 Å². The first-order chi connectivity index (χ1) is 16.7. The van der Waals surface area contributed by atoms with Crippen LogP contribution in [0.1, 0.15) is 31.4 Å². The highest BCUT2D eigenvalue weighted by atomic mass is 19.1. The molecule has 174 valence electrons. The molecule has 0 saturated carbocycles. The second-order valence-electron chi connectivity index (χ2n) is 9.19. The molecule has 1 N–H and O–H groups in total. The molecule has 0 unspecified atom stereocenters. The lowest BCUT2D eigenvalue weighted by molar-refractivity contribution is 0.482. The van der Waals surface area contributed by atoms with Gasteiger partial charge in [0.15, 0.2) is 5.65 Å². The number of rotatable bonds is 4. The number of anilines is 2. The van der Waals surface area contributed by atoms with E-state index in [1.165, 1.54) is 6.07 Å². The van der Waals surface area contributed by atoms with Crippen molar-refractivity contribution >= 4 is 17.3 Å². The van der Waals surface area contributed by atoms with Gasteiger partial charge in [-0.05, 0) is 61.7 Å². The molecule has 2 fully saturated rings. The van der Waals surface area contributed by atoms with Crippen molar-refractivity contribution in [2.24, 2.45) is 0 Å². The minimum atomic E-state index is -0.200. The summed E-state index contributed by atoms with van der Waals surface area (Å²) in [6.07, 6.45) is 3.86. The van der Waals surface area contributed by atoms with Gasteiger partial charge in [-0.3, -0.25) is 0 Å². The Balaban J connectivity index is 1.35. The molecule has 1 aromatic carbocycles. The van der Waals surface area contributed by atoms with Crippen LogP contribution in [-0.4, -0.2) is 51.8 Å². The van der Waals surface area contributed by atoms with Crippen LogP contribution < -0.4 is 15.1 Å². The van der Waals surface area contributed by atoms with E-state index in [1.807, 2.05) is 41.0 Å². The van der Waals surface area contributed by atoms with Gasteiger partial charge in [-0.2, -0.15) is 0 Å². The van der Waals surface area contributed by atoms with Crippen LogP contribution in [-0.2, 0) is 0 Å².